The van der Waals surface area contributed by atoms with E-state index < -0.39 is 5.82 Å². The van der Waals surface area contributed by atoms with Crippen LogP contribution in [-0.4, -0.2) is 75.1 Å². The number of nitrogens with zero attached hydrogens (tertiary/aromatic N) is 5. The molecule has 0 bridgehead atoms. The second-order valence-electron chi connectivity index (χ2n) is 7.31. The molecule has 172 valence electrons. The topological polar surface area (TPSA) is 80.6 Å². The van der Waals surface area contributed by atoms with Gasteiger partial charge in [-0.25, -0.2) is 9.18 Å². The van der Waals surface area contributed by atoms with E-state index in [0.29, 0.717) is 49.3 Å². The number of hydrogen-bond acceptors (Lipinski definition) is 6. The molecule has 2 heterocycles. The van der Waals surface area contributed by atoms with Crippen LogP contribution < -0.4 is 0 Å². The number of hydrogen-bond donors (Lipinski definition) is 0. The van der Waals surface area contributed by atoms with Crippen LogP contribution >= 0.6 is 11.8 Å². The Morgan fingerprint density at radius 1 is 0.970 bits per heavy atom. The molecule has 0 radical (unpaired) electrons. The number of aromatic nitrogens is 3. The third-order valence-electron chi connectivity index (χ3n) is 5.25. The van der Waals surface area contributed by atoms with E-state index in [1.807, 2.05) is 30.3 Å². The van der Waals surface area contributed by atoms with Gasteiger partial charge < -0.3 is 14.5 Å². The van der Waals surface area contributed by atoms with Crippen molar-refractivity contribution in [2.45, 2.75) is 12.1 Å². The minimum atomic E-state index is -0.394. The number of carbonyl (C=O) groups is 2. The highest BCUT2D eigenvalue weighted by Gasteiger charge is 2.26. The lowest BCUT2D eigenvalue weighted by molar-refractivity contribution is -0.129. The molecule has 1 aliphatic rings. The fourth-order valence-corrected chi connectivity index (χ4v) is 4.42. The van der Waals surface area contributed by atoms with Gasteiger partial charge >= 0.3 is 6.09 Å². The monoisotopic (exact) mass is 469 g/mol. The van der Waals surface area contributed by atoms with E-state index in [9.17, 15) is 14.0 Å². The smallest absolute Gasteiger partial charge is 0.409 e. The van der Waals surface area contributed by atoms with Gasteiger partial charge in [-0.15, -0.1) is 10.2 Å². The summed E-state index contributed by atoms with van der Waals surface area (Å²) in [5.74, 6) is 0.0757. The SMILES string of the molecule is CCOC(=O)N1CCN(C(=O)CSc2nnc(-c3ccccc3F)n2-c2ccccc2)CC1. The summed E-state index contributed by atoms with van der Waals surface area (Å²) < 4.78 is 21.3. The van der Waals surface area contributed by atoms with Crippen LogP contribution in [0.25, 0.3) is 17.1 Å². The average Bonchev–Trinajstić information content (AvgIpc) is 3.27. The van der Waals surface area contributed by atoms with Crippen molar-refractivity contribution >= 4 is 23.8 Å². The number of para-hydroxylation sites is 1. The van der Waals surface area contributed by atoms with Crippen molar-refractivity contribution in [2.75, 3.05) is 38.5 Å². The van der Waals surface area contributed by atoms with Crippen LogP contribution in [0, 0.1) is 5.82 Å². The molecule has 0 atom stereocenters. The summed E-state index contributed by atoms with van der Waals surface area (Å²) in [6, 6.07) is 15.8. The second-order valence-corrected chi connectivity index (χ2v) is 8.25. The Kier molecular flexibility index (Phi) is 7.23. The first-order valence-electron chi connectivity index (χ1n) is 10.7. The lowest BCUT2D eigenvalue weighted by Gasteiger charge is -2.34. The van der Waals surface area contributed by atoms with Crippen molar-refractivity contribution in [1.82, 2.24) is 24.6 Å². The lowest BCUT2D eigenvalue weighted by Crippen LogP contribution is -2.51. The largest absolute Gasteiger partial charge is 0.450 e. The van der Waals surface area contributed by atoms with Crippen molar-refractivity contribution in [3.8, 4) is 17.1 Å². The molecule has 1 saturated heterocycles. The summed E-state index contributed by atoms with van der Waals surface area (Å²) in [7, 11) is 0. The summed E-state index contributed by atoms with van der Waals surface area (Å²) in [6.07, 6.45) is -0.351. The average molecular weight is 470 g/mol. The molecular weight excluding hydrogens is 445 g/mol. The van der Waals surface area contributed by atoms with E-state index in [4.69, 9.17) is 4.74 Å². The first-order valence-corrected chi connectivity index (χ1v) is 11.6. The number of piperazine rings is 1. The van der Waals surface area contributed by atoms with E-state index in [1.54, 1.807) is 39.5 Å². The minimum absolute atomic E-state index is 0.0569. The zero-order chi connectivity index (χ0) is 23.2. The highest BCUT2D eigenvalue weighted by molar-refractivity contribution is 7.99. The van der Waals surface area contributed by atoms with E-state index in [2.05, 4.69) is 10.2 Å². The normalized spacial score (nSPS) is 13.8. The third-order valence-corrected chi connectivity index (χ3v) is 6.16. The number of ether oxygens (including phenoxy) is 1. The van der Waals surface area contributed by atoms with Crippen LogP contribution in [0.15, 0.2) is 59.8 Å². The quantitative estimate of drug-likeness (QED) is 0.515. The van der Waals surface area contributed by atoms with Crippen LogP contribution in [0.4, 0.5) is 9.18 Å². The van der Waals surface area contributed by atoms with Gasteiger partial charge in [0, 0.05) is 31.9 Å². The van der Waals surface area contributed by atoms with Gasteiger partial charge in [0.1, 0.15) is 5.82 Å². The second kappa shape index (κ2) is 10.5. The Morgan fingerprint density at radius 2 is 1.64 bits per heavy atom. The molecular formula is C23H24FN5O3S. The predicted octanol–water partition coefficient (Wildman–Crippen LogP) is 3.47. The summed E-state index contributed by atoms with van der Waals surface area (Å²) in [5.41, 5.74) is 1.11. The van der Waals surface area contributed by atoms with E-state index in [-0.39, 0.29) is 17.8 Å². The van der Waals surface area contributed by atoms with E-state index >= 15 is 0 Å². The molecule has 1 aromatic heterocycles. The molecule has 33 heavy (non-hydrogen) atoms. The first-order chi connectivity index (χ1) is 16.1. The van der Waals surface area contributed by atoms with Gasteiger partial charge in [0.15, 0.2) is 11.0 Å². The molecule has 3 aromatic rings. The Bertz CT molecular complexity index is 1120. The van der Waals surface area contributed by atoms with Crippen molar-refractivity contribution in [3.63, 3.8) is 0 Å². The van der Waals surface area contributed by atoms with Crippen molar-refractivity contribution < 1.29 is 18.7 Å². The van der Waals surface area contributed by atoms with Gasteiger partial charge in [-0.3, -0.25) is 9.36 Å². The summed E-state index contributed by atoms with van der Waals surface area (Å²) in [6.45, 7) is 3.86. The maximum Gasteiger partial charge on any atom is 0.409 e. The molecule has 0 saturated carbocycles. The third kappa shape index (κ3) is 5.16. The van der Waals surface area contributed by atoms with Crippen molar-refractivity contribution in [3.05, 3.63) is 60.4 Å². The molecule has 4 rings (SSSR count). The van der Waals surface area contributed by atoms with Crippen LogP contribution in [0.2, 0.25) is 0 Å². The highest BCUT2D eigenvalue weighted by atomic mass is 32.2. The Hall–Kier alpha value is -3.40. The Morgan fingerprint density at radius 3 is 2.33 bits per heavy atom. The maximum atomic E-state index is 14.5. The molecule has 1 aliphatic heterocycles. The number of halogens is 1. The van der Waals surface area contributed by atoms with E-state index in [0.717, 1.165) is 5.69 Å². The number of thioether (sulfide) groups is 1. The van der Waals surface area contributed by atoms with Gasteiger partial charge in [0.05, 0.1) is 17.9 Å². The Labute approximate surface area is 195 Å². The fraction of sp³-hybridized carbons (Fsp3) is 0.304. The zero-order valence-electron chi connectivity index (χ0n) is 18.2. The Balaban J connectivity index is 1.48. The molecule has 2 aromatic carbocycles. The number of benzene rings is 2. The molecule has 0 spiro atoms. The lowest BCUT2D eigenvalue weighted by atomic mass is 10.2. The number of rotatable bonds is 6. The van der Waals surface area contributed by atoms with Crippen molar-refractivity contribution in [2.24, 2.45) is 0 Å². The molecule has 1 fully saturated rings. The van der Waals surface area contributed by atoms with Crippen LogP contribution in [0.3, 0.4) is 0 Å². The molecule has 0 unspecified atom stereocenters. The van der Waals surface area contributed by atoms with Gasteiger partial charge in [-0.05, 0) is 31.2 Å². The molecule has 10 heteroatoms. The summed E-state index contributed by atoms with van der Waals surface area (Å²) in [4.78, 5) is 28.0. The standard InChI is InChI=1S/C23H24FN5O3S/c1-2-32-23(31)28-14-12-27(13-15-28)20(30)16-33-22-26-25-21(18-10-6-7-11-19(18)24)29(22)17-8-4-3-5-9-17/h3-11H,2,12-16H2,1H3. The van der Waals surface area contributed by atoms with Gasteiger partial charge in [-0.2, -0.15) is 0 Å². The van der Waals surface area contributed by atoms with Crippen molar-refractivity contribution in [1.29, 1.82) is 0 Å². The molecule has 0 aliphatic carbocycles. The number of carbonyl (C=O) groups excluding carboxylic acids is 2. The fourth-order valence-electron chi connectivity index (χ4n) is 3.56. The van der Waals surface area contributed by atoms with Gasteiger partial charge in [0.25, 0.3) is 0 Å². The number of amides is 2. The molecule has 2 amide bonds. The summed E-state index contributed by atoms with van der Waals surface area (Å²) >= 11 is 1.25. The maximum absolute atomic E-state index is 14.5. The molecule has 8 nitrogen and oxygen atoms in total. The van der Waals surface area contributed by atoms with Crippen LogP contribution in [-0.2, 0) is 9.53 Å². The predicted molar refractivity (Wildman–Crippen MR) is 123 cm³/mol. The highest BCUT2D eigenvalue weighted by Crippen LogP contribution is 2.29. The first kappa shape index (κ1) is 22.8. The van der Waals surface area contributed by atoms with Crippen LogP contribution in [0.5, 0.6) is 0 Å². The zero-order valence-corrected chi connectivity index (χ0v) is 19.0. The van der Waals surface area contributed by atoms with E-state index in [1.165, 1.54) is 17.8 Å². The van der Waals surface area contributed by atoms with Crippen LogP contribution in [0.1, 0.15) is 6.92 Å². The van der Waals surface area contributed by atoms with Gasteiger partial charge in [-0.1, -0.05) is 42.1 Å². The molecule has 0 N–H and O–H groups in total. The summed E-state index contributed by atoms with van der Waals surface area (Å²) in [5, 5.41) is 8.98. The minimum Gasteiger partial charge on any atom is -0.450 e. The van der Waals surface area contributed by atoms with Gasteiger partial charge in [0.2, 0.25) is 5.91 Å².